The molecule has 0 amide bonds. The molecule has 0 atom stereocenters. The summed E-state index contributed by atoms with van der Waals surface area (Å²) in [4.78, 5) is 5.00. The first kappa shape index (κ1) is 51.2. The zero-order valence-corrected chi connectivity index (χ0v) is 47.6. The zero-order valence-electron chi connectivity index (χ0n) is 47.6. The number of rotatable bonds is 9. The Hall–Kier alpha value is -7.94. The molecule has 0 bridgehead atoms. The molecular weight excluding hydrogens is 929 g/mol. The van der Waals surface area contributed by atoms with Crippen molar-refractivity contribution in [1.82, 2.24) is 0 Å². The van der Waals surface area contributed by atoms with Crippen molar-refractivity contribution in [2.75, 3.05) is 9.80 Å². The molecule has 0 saturated heterocycles. The summed E-state index contributed by atoms with van der Waals surface area (Å²) in [6.45, 7) is 30.0. The summed E-state index contributed by atoms with van der Waals surface area (Å²) in [7, 11) is 0. The Kier molecular flexibility index (Phi) is 13.0. The summed E-state index contributed by atoms with van der Waals surface area (Å²) in [6, 6.07) is 78.4. The first-order valence-electron chi connectivity index (χ1n) is 27.8. The number of hydrogen-bond donors (Lipinski definition) is 0. The lowest BCUT2D eigenvalue weighted by molar-refractivity contribution is 0.590. The molecule has 2 heteroatoms. The maximum absolute atomic E-state index is 2.52. The van der Waals surface area contributed by atoms with Crippen LogP contribution in [0.5, 0.6) is 0 Å². The van der Waals surface area contributed by atoms with E-state index in [1.54, 1.807) is 0 Å². The van der Waals surface area contributed by atoms with Crippen LogP contribution < -0.4 is 9.80 Å². The molecular formula is C75H74N2. The van der Waals surface area contributed by atoms with Crippen molar-refractivity contribution >= 4 is 77.2 Å². The van der Waals surface area contributed by atoms with Crippen molar-refractivity contribution in [3.63, 3.8) is 0 Å². The first-order chi connectivity index (χ1) is 36.7. The van der Waals surface area contributed by atoms with Crippen LogP contribution in [-0.2, 0) is 16.2 Å². The summed E-state index contributed by atoms with van der Waals surface area (Å²) in [5.74, 6) is 0.350. The minimum absolute atomic E-state index is 0.0655. The molecule has 0 fully saturated rings. The van der Waals surface area contributed by atoms with Crippen molar-refractivity contribution in [3.8, 4) is 22.3 Å². The Labute approximate surface area is 458 Å². The van der Waals surface area contributed by atoms with Gasteiger partial charge in [-0.1, -0.05) is 216 Å². The number of aryl methyl sites for hydroxylation is 2. The van der Waals surface area contributed by atoms with Gasteiger partial charge in [-0.25, -0.2) is 0 Å². The van der Waals surface area contributed by atoms with Gasteiger partial charge in [0.1, 0.15) is 0 Å². The van der Waals surface area contributed by atoms with Gasteiger partial charge in [-0.2, -0.15) is 0 Å². The maximum atomic E-state index is 2.52. The van der Waals surface area contributed by atoms with Crippen LogP contribution in [0.2, 0.25) is 0 Å². The third-order valence-corrected chi connectivity index (χ3v) is 15.9. The molecule has 0 aromatic heterocycles. The van der Waals surface area contributed by atoms with Gasteiger partial charge in [0.25, 0.3) is 0 Å². The minimum Gasteiger partial charge on any atom is -0.309 e. The van der Waals surface area contributed by atoms with Gasteiger partial charge in [-0.15, -0.1) is 0 Å². The molecule has 0 radical (unpaired) electrons. The summed E-state index contributed by atoms with van der Waals surface area (Å²) in [5.41, 5.74) is 19.4. The van der Waals surface area contributed by atoms with Gasteiger partial charge < -0.3 is 9.80 Å². The average molecular weight is 1000 g/mol. The zero-order chi connectivity index (χ0) is 54.1. The summed E-state index contributed by atoms with van der Waals surface area (Å²) in [5, 5.41) is 9.90. The van der Waals surface area contributed by atoms with E-state index in [0.717, 1.165) is 22.7 Å². The van der Waals surface area contributed by atoms with E-state index < -0.39 is 0 Å². The molecule has 0 aliphatic carbocycles. The van der Waals surface area contributed by atoms with Crippen LogP contribution in [0.4, 0.5) is 34.1 Å². The Balaban J connectivity index is 1.22. The van der Waals surface area contributed by atoms with Gasteiger partial charge in [-0.05, 0) is 180 Å². The molecule has 0 N–H and O–H groups in total. The lowest BCUT2D eigenvalue weighted by Crippen LogP contribution is -2.14. The second kappa shape index (κ2) is 19.6. The van der Waals surface area contributed by atoms with Crippen LogP contribution in [0.25, 0.3) is 65.3 Å². The molecule has 11 rings (SSSR count). The number of fused-ring (bicyclic) bond motifs is 4. The molecule has 384 valence electrons. The van der Waals surface area contributed by atoms with E-state index in [0.29, 0.717) is 5.92 Å². The Morgan fingerprint density at radius 1 is 0.299 bits per heavy atom. The van der Waals surface area contributed by atoms with Crippen LogP contribution in [0.15, 0.2) is 206 Å². The highest BCUT2D eigenvalue weighted by Crippen LogP contribution is 2.53. The second-order valence-corrected chi connectivity index (χ2v) is 25.0. The van der Waals surface area contributed by atoms with E-state index in [1.807, 2.05) is 0 Å². The first-order valence-corrected chi connectivity index (χ1v) is 27.8. The third-order valence-electron chi connectivity index (χ3n) is 15.9. The van der Waals surface area contributed by atoms with Crippen molar-refractivity contribution in [2.24, 2.45) is 0 Å². The van der Waals surface area contributed by atoms with Crippen LogP contribution in [0.1, 0.15) is 115 Å². The maximum Gasteiger partial charge on any atom is 0.0618 e. The van der Waals surface area contributed by atoms with Gasteiger partial charge in [0.2, 0.25) is 0 Å². The van der Waals surface area contributed by atoms with E-state index in [9.17, 15) is 0 Å². The molecule has 0 aliphatic rings. The second-order valence-electron chi connectivity index (χ2n) is 25.0. The fourth-order valence-electron chi connectivity index (χ4n) is 11.7. The normalized spacial score (nSPS) is 12.3. The van der Waals surface area contributed by atoms with E-state index in [4.69, 9.17) is 0 Å². The highest BCUT2D eigenvalue weighted by molar-refractivity contribution is 6.24. The molecule has 0 aliphatic heterocycles. The fraction of sp³-hybridized carbons (Fsp3) is 0.227. The summed E-state index contributed by atoms with van der Waals surface area (Å²) in [6.07, 6.45) is 0. The van der Waals surface area contributed by atoms with Gasteiger partial charge in [0.15, 0.2) is 0 Å². The van der Waals surface area contributed by atoms with Crippen LogP contribution in [0, 0.1) is 13.8 Å². The smallest absolute Gasteiger partial charge is 0.0618 e. The van der Waals surface area contributed by atoms with Gasteiger partial charge in [0.05, 0.1) is 11.4 Å². The Bertz CT molecular complexity index is 3930. The Morgan fingerprint density at radius 2 is 0.636 bits per heavy atom. The molecule has 77 heavy (non-hydrogen) atoms. The molecule has 0 saturated carbocycles. The van der Waals surface area contributed by atoms with E-state index in [1.165, 1.54) is 110 Å². The number of benzene rings is 11. The van der Waals surface area contributed by atoms with Crippen molar-refractivity contribution < 1.29 is 0 Å². The van der Waals surface area contributed by atoms with E-state index >= 15 is 0 Å². The van der Waals surface area contributed by atoms with Gasteiger partial charge in [-0.3, -0.25) is 0 Å². The van der Waals surface area contributed by atoms with E-state index in [-0.39, 0.29) is 16.2 Å². The van der Waals surface area contributed by atoms with Gasteiger partial charge >= 0.3 is 0 Å². The minimum atomic E-state index is -0.0674. The average Bonchev–Trinajstić information content (AvgIpc) is 3.47. The quantitative estimate of drug-likeness (QED) is 0.133. The SMILES string of the molecule is Cc1cc(C)cc(N(c2ccccc2)c2c3ccc(C(C)C)cc3c(-c3ccc(-c4c5cc(C(C)(C)C)ccc5c(N(c5ccccc5)c5ccccc5)c5cc(C(C)(C)C)ccc45)cc3)c3ccc(C(C)(C)C)cc23)c1. The highest BCUT2D eigenvalue weighted by atomic mass is 15.2. The lowest BCUT2D eigenvalue weighted by Gasteiger charge is -2.31. The highest BCUT2D eigenvalue weighted by Gasteiger charge is 2.28. The van der Waals surface area contributed by atoms with Crippen LogP contribution >= 0.6 is 0 Å². The van der Waals surface area contributed by atoms with E-state index in [2.05, 4.69) is 306 Å². The van der Waals surface area contributed by atoms with Crippen molar-refractivity contribution in [3.05, 3.63) is 240 Å². The topological polar surface area (TPSA) is 6.48 Å². The predicted octanol–water partition coefficient (Wildman–Crippen LogP) is 22.2. The third kappa shape index (κ3) is 9.58. The molecule has 0 heterocycles. The van der Waals surface area contributed by atoms with Crippen LogP contribution in [0.3, 0.4) is 0 Å². The van der Waals surface area contributed by atoms with Crippen molar-refractivity contribution in [1.29, 1.82) is 0 Å². The standard InChI is InChI=1S/C75H74N2/c1-48(2)53-33-37-63-65(44-53)69(61-38-34-56(75(11,12)13)47-68(61)72(63)77(59-27-21-16-22-28-59)60-42-49(3)41-50(4)43-60)51-29-31-52(32-30-51)70-62-39-35-55(74(8,9)10)46-67(62)71(64-40-36-54(45-66(64)70)73(5,6)7)76(57-23-17-14-18-24-57)58-25-19-15-20-26-58/h14-48H,1-13H3. The van der Waals surface area contributed by atoms with Crippen molar-refractivity contribution in [2.45, 2.75) is 112 Å². The summed E-state index contributed by atoms with van der Waals surface area (Å²) < 4.78 is 0. The fourth-order valence-corrected chi connectivity index (χ4v) is 11.7. The Morgan fingerprint density at radius 3 is 1.01 bits per heavy atom. The predicted molar refractivity (Wildman–Crippen MR) is 336 cm³/mol. The largest absolute Gasteiger partial charge is 0.309 e. The number of anilines is 6. The van der Waals surface area contributed by atoms with Crippen LogP contribution in [-0.4, -0.2) is 0 Å². The monoisotopic (exact) mass is 1000 g/mol. The number of nitrogens with zero attached hydrogens (tertiary/aromatic N) is 2. The molecule has 0 unspecified atom stereocenters. The summed E-state index contributed by atoms with van der Waals surface area (Å²) >= 11 is 0. The number of para-hydroxylation sites is 3. The molecule has 11 aromatic carbocycles. The molecule has 0 spiro atoms. The van der Waals surface area contributed by atoms with Gasteiger partial charge in [0, 0.05) is 44.3 Å². The lowest BCUT2D eigenvalue weighted by atomic mass is 9.80. The molecule has 2 nitrogen and oxygen atoms in total. The molecule has 11 aromatic rings. The number of hydrogen-bond acceptors (Lipinski definition) is 2.